The molecule has 0 amide bonds. The van der Waals surface area contributed by atoms with Crippen LogP contribution in [0.3, 0.4) is 0 Å². The highest BCUT2D eigenvalue weighted by Crippen LogP contribution is 2.23. The van der Waals surface area contributed by atoms with Crippen LogP contribution in [0.15, 0.2) is 11.7 Å². The maximum atomic E-state index is 4.06. The van der Waals surface area contributed by atoms with E-state index in [1.165, 1.54) is 24.4 Å². The molecule has 0 spiro atoms. The van der Waals surface area contributed by atoms with Gasteiger partial charge < -0.3 is 5.32 Å². The van der Waals surface area contributed by atoms with Gasteiger partial charge in [-0.25, -0.2) is 0 Å². The van der Waals surface area contributed by atoms with E-state index >= 15 is 0 Å². The van der Waals surface area contributed by atoms with E-state index in [0.717, 1.165) is 11.0 Å². The second kappa shape index (κ2) is 4.25. The monoisotopic (exact) mass is 200 g/mol. The van der Waals surface area contributed by atoms with Gasteiger partial charge >= 0.3 is 0 Å². The van der Waals surface area contributed by atoms with Crippen molar-refractivity contribution in [2.45, 2.75) is 17.4 Å². The van der Waals surface area contributed by atoms with Crippen molar-refractivity contribution in [1.29, 1.82) is 0 Å². The molecule has 1 unspecified atom stereocenters. The Balaban J connectivity index is 1.74. The molecule has 12 heavy (non-hydrogen) atoms. The highest BCUT2D eigenvalue weighted by Gasteiger charge is 2.14. The molecule has 2 nitrogen and oxygen atoms in total. The molecule has 1 aliphatic rings. The third-order valence-electron chi connectivity index (χ3n) is 1.96. The van der Waals surface area contributed by atoms with Crippen LogP contribution in [0.5, 0.6) is 0 Å². The van der Waals surface area contributed by atoms with E-state index in [1.807, 2.05) is 23.5 Å². The highest BCUT2D eigenvalue weighted by atomic mass is 32.2. The molecular formula is C8H12N2S2. The van der Waals surface area contributed by atoms with Crippen molar-refractivity contribution in [2.75, 3.05) is 13.1 Å². The zero-order valence-corrected chi connectivity index (χ0v) is 8.46. The first-order chi connectivity index (χ1) is 5.95. The quantitative estimate of drug-likeness (QED) is 0.804. The number of hydrogen-bond acceptors (Lipinski definition) is 4. The number of thioether (sulfide) groups is 1. The summed E-state index contributed by atoms with van der Waals surface area (Å²) in [6.07, 6.45) is 3.30. The summed E-state index contributed by atoms with van der Waals surface area (Å²) in [5.74, 6) is 1.14. The summed E-state index contributed by atoms with van der Waals surface area (Å²) in [7, 11) is 0. The first-order valence-corrected chi connectivity index (χ1v) is 6.07. The van der Waals surface area contributed by atoms with E-state index < -0.39 is 0 Å². The summed E-state index contributed by atoms with van der Waals surface area (Å²) in [4.78, 5) is 5.45. The van der Waals surface area contributed by atoms with Gasteiger partial charge in [-0.3, -0.25) is 4.98 Å². The fourth-order valence-electron chi connectivity index (χ4n) is 1.28. The van der Waals surface area contributed by atoms with Gasteiger partial charge in [0.1, 0.15) is 0 Å². The number of hydrogen-bond donors (Lipinski definition) is 1. The summed E-state index contributed by atoms with van der Waals surface area (Å²) in [6.45, 7) is 2.38. The van der Waals surface area contributed by atoms with Crippen LogP contribution in [0.1, 0.15) is 11.3 Å². The lowest BCUT2D eigenvalue weighted by molar-refractivity contribution is 0.858. The maximum Gasteiger partial charge on any atom is 0.0794 e. The molecule has 0 radical (unpaired) electrons. The molecule has 0 saturated carbocycles. The van der Waals surface area contributed by atoms with Crippen molar-refractivity contribution in [3.8, 4) is 0 Å². The standard InChI is InChI=1S/C8H12N2S2/c1-2-9-3-7(1)11-5-8-4-10-6-12-8/h4,6-7,9H,1-3,5H2. The first-order valence-electron chi connectivity index (χ1n) is 4.15. The molecule has 4 heteroatoms. The number of aromatic nitrogens is 1. The van der Waals surface area contributed by atoms with Gasteiger partial charge in [-0.1, -0.05) is 0 Å². The Morgan fingerprint density at radius 1 is 1.75 bits per heavy atom. The molecule has 0 bridgehead atoms. The Kier molecular flexibility index (Phi) is 3.03. The molecule has 1 aliphatic heterocycles. The third-order valence-corrected chi connectivity index (χ3v) is 4.27. The van der Waals surface area contributed by atoms with Crippen LogP contribution in [-0.4, -0.2) is 23.3 Å². The van der Waals surface area contributed by atoms with Crippen LogP contribution >= 0.6 is 23.1 Å². The van der Waals surface area contributed by atoms with E-state index in [-0.39, 0.29) is 0 Å². The van der Waals surface area contributed by atoms with Gasteiger partial charge in [-0.05, 0) is 13.0 Å². The second-order valence-corrected chi connectivity index (χ2v) is 5.15. The molecule has 1 fully saturated rings. The third kappa shape index (κ3) is 2.21. The van der Waals surface area contributed by atoms with E-state index in [9.17, 15) is 0 Å². The van der Waals surface area contributed by atoms with E-state index in [2.05, 4.69) is 10.3 Å². The number of nitrogens with one attached hydrogen (secondary N) is 1. The van der Waals surface area contributed by atoms with Crippen LogP contribution in [0.2, 0.25) is 0 Å². The van der Waals surface area contributed by atoms with Crippen LogP contribution in [0.4, 0.5) is 0 Å². The van der Waals surface area contributed by atoms with Crippen LogP contribution < -0.4 is 5.32 Å². The summed E-state index contributed by atoms with van der Waals surface area (Å²) < 4.78 is 0. The van der Waals surface area contributed by atoms with E-state index in [1.54, 1.807) is 11.3 Å². The van der Waals surface area contributed by atoms with Gasteiger partial charge in [0, 0.05) is 28.6 Å². The van der Waals surface area contributed by atoms with Gasteiger partial charge in [-0.2, -0.15) is 11.8 Å². The molecular weight excluding hydrogens is 188 g/mol. The average molecular weight is 200 g/mol. The minimum atomic E-state index is 0.826. The molecule has 1 N–H and O–H groups in total. The van der Waals surface area contributed by atoms with Gasteiger partial charge in [0.25, 0.3) is 0 Å². The number of thiazole rings is 1. The molecule has 2 heterocycles. The second-order valence-electron chi connectivity index (χ2n) is 2.89. The normalized spacial score (nSPS) is 23.2. The number of rotatable bonds is 3. The predicted octanol–water partition coefficient (Wildman–Crippen LogP) is 1.74. The van der Waals surface area contributed by atoms with Crippen molar-refractivity contribution < 1.29 is 0 Å². The SMILES string of the molecule is c1ncc(CSC2CCNC2)s1. The fraction of sp³-hybridized carbons (Fsp3) is 0.625. The molecule has 0 aliphatic carbocycles. The zero-order valence-electron chi connectivity index (χ0n) is 6.82. The van der Waals surface area contributed by atoms with Crippen molar-refractivity contribution >= 4 is 23.1 Å². The lowest BCUT2D eigenvalue weighted by Crippen LogP contribution is -2.10. The Hall–Kier alpha value is -0.0600. The highest BCUT2D eigenvalue weighted by molar-refractivity contribution is 7.99. The number of nitrogens with zero attached hydrogens (tertiary/aromatic N) is 1. The summed E-state index contributed by atoms with van der Waals surface area (Å²) in [5.41, 5.74) is 1.91. The first kappa shape index (κ1) is 8.53. The largest absolute Gasteiger partial charge is 0.316 e. The topological polar surface area (TPSA) is 24.9 Å². The van der Waals surface area contributed by atoms with Crippen LogP contribution in [0.25, 0.3) is 0 Å². The molecule has 1 atom stereocenters. The minimum absolute atomic E-state index is 0.826. The van der Waals surface area contributed by atoms with Gasteiger partial charge in [0.05, 0.1) is 5.51 Å². The van der Waals surface area contributed by atoms with Crippen molar-refractivity contribution in [2.24, 2.45) is 0 Å². The molecule has 1 aromatic heterocycles. The Morgan fingerprint density at radius 2 is 2.75 bits per heavy atom. The summed E-state index contributed by atoms with van der Waals surface area (Å²) in [6, 6.07) is 0. The van der Waals surface area contributed by atoms with Crippen molar-refractivity contribution in [1.82, 2.24) is 10.3 Å². The molecule has 1 saturated heterocycles. The molecule has 2 rings (SSSR count). The molecule has 66 valence electrons. The van der Waals surface area contributed by atoms with E-state index in [4.69, 9.17) is 0 Å². The molecule has 0 aromatic carbocycles. The predicted molar refractivity (Wildman–Crippen MR) is 54.7 cm³/mol. The van der Waals surface area contributed by atoms with E-state index in [0.29, 0.717) is 0 Å². The maximum absolute atomic E-state index is 4.06. The minimum Gasteiger partial charge on any atom is -0.316 e. The molecule has 1 aromatic rings. The smallest absolute Gasteiger partial charge is 0.0794 e. The van der Waals surface area contributed by atoms with Crippen molar-refractivity contribution in [3.63, 3.8) is 0 Å². The van der Waals surface area contributed by atoms with Crippen molar-refractivity contribution in [3.05, 3.63) is 16.6 Å². The van der Waals surface area contributed by atoms with Gasteiger partial charge in [0.2, 0.25) is 0 Å². The zero-order chi connectivity index (χ0) is 8.23. The fourth-order valence-corrected chi connectivity index (χ4v) is 3.13. The Morgan fingerprint density at radius 3 is 3.42 bits per heavy atom. The lowest BCUT2D eigenvalue weighted by Gasteiger charge is -2.05. The average Bonchev–Trinajstić information content (AvgIpc) is 2.74. The lowest BCUT2D eigenvalue weighted by atomic mass is 10.4. The van der Waals surface area contributed by atoms with Gasteiger partial charge in [-0.15, -0.1) is 11.3 Å². The summed E-state index contributed by atoms with van der Waals surface area (Å²) in [5, 5.41) is 4.20. The van der Waals surface area contributed by atoms with Gasteiger partial charge in [0.15, 0.2) is 0 Å². The van der Waals surface area contributed by atoms with Crippen LogP contribution in [0, 0.1) is 0 Å². The Labute approximate surface area is 80.8 Å². The van der Waals surface area contributed by atoms with Crippen LogP contribution in [-0.2, 0) is 5.75 Å². The summed E-state index contributed by atoms with van der Waals surface area (Å²) >= 11 is 3.80. The Bertz CT molecular complexity index is 217.